The summed E-state index contributed by atoms with van der Waals surface area (Å²) in [6.45, 7) is 0.246. The van der Waals surface area contributed by atoms with Gasteiger partial charge in [0.05, 0.1) is 24.4 Å². The third-order valence-corrected chi connectivity index (χ3v) is 4.65. The quantitative estimate of drug-likeness (QED) is 0.282. The summed E-state index contributed by atoms with van der Waals surface area (Å²) >= 11 is 0. The molecule has 0 bridgehead atoms. The second kappa shape index (κ2) is 9.64. The lowest BCUT2D eigenvalue weighted by molar-refractivity contribution is -0.142. The maximum atomic E-state index is 12.4. The fourth-order valence-corrected chi connectivity index (χ4v) is 2.97. The highest BCUT2D eigenvalue weighted by atomic mass is 16.4. The van der Waals surface area contributed by atoms with Crippen LogP contribution < -0.4 is 16.6 Å². The number of nitrogens with two attached hydrogens (primary N) is 1. The van der Waals surface area contributed by atoms with Crippen molar-refractivity contribution in [2.75, 3.05) is 11.1 Å². The second-order valence-corrected chi connectivity index (χ2v) is 7.01. The van der Waals surface area contributed by atoms with Crippen LogP contribution in [-0.2, 0) is 16.1 Å². The Bertz CT molecular complexity index is 1220. The number of aromatic nitrogens is 4. The van der Waals surface area contributed by atoms with E-state index in [1.54, 1.807) is 24.3 Å². The van der Waals surface area contributed by atoms with Gasteiger partial charge in [-0.05, 0) is 30.7 Å². The number of carboxylic acid groups (broad SMARTS) is 2. The maximum Gasteiger partial charge on any atom is 0.306 e. The van der Waals surface area contributed by atoms with Crippen LogP contribution in [0.1, 0.15) is 35.3 Å². The Morgan fingerprint density at radius 3 is 2.50 bits per heavy atom. The van der Waals surface area contributed by atoms with Crippen LogP contribution in [0.5, 0.6) is 0 Å². The molecule has 0 saturated heterocycles. The highest BCUT2D eigenvalue weighted by Gasteiger charge is 2.22. The van der Waals surface area contributed by atoms with Gasteiger partial charge in [-0.3, -0.25) is 24.2 Å². The molecule has 0 aliphatic rings. The normalized spacial score (nSPS) is 11.8. The summed E-state index contributed by atoms with van der Waals surface area (Å²) in [6.07, 6.45) is 0.741. The molecule has 0 aliphatic carbocycles. The van der Waals surface area contributed by atoms with Gasteiger partial charge >= 0.3 is 11.9 Å². The number of carboxylic acids is 2. The summed E-state index contributed by atoms with van der Waals surface area (Å²) < 4.78 is 0. The van der Waals surface area contributed by atoms with Crippen molar-refractivity contribution in [3.63, 3.8) is 0 Å². The molecule has 0 spiro atoms. The van der Waals surface area contributed by atoms with E-state index in [2.05, 4.69) is 25.3 Å². The minimum Gasteiger partial charge on any atom is -0.481 e. The van der Waals surface area contributed by atoms with Crippen molar-refractivity contribution in [2.24, 2.45) is 5.92 Å². The second-order valence-electron chi connectivity index (χ2n) is 7.01. The molecule has 0 radical (unpaired) electrons. The lowest BCUT2D eigenvalue weighted by Gasteiger charge is -2.11. The SMILES string of the molecule is Nc1nc2ncc(CNc3ccc(C(=O)C[C@@H](CCC(=O)O)C(=O)O)cc3)nc2c(=O)[nH]1. The zero-order chi connectivity index (χ0) is 23.3. The maximum absolute atomic E-state index is 12.4. The Hall–Kier alpha value is -4.35. The zero-order valence-electron chi connectivity index (χ0n) is 16.7. The molecule has 1 aromatic carbocycles. The first-order valence-corrected chi connectivity index (χ1v) is 9.56. The number of hydrogen-bond donors (Lipinski definition) is 5. The molecular formula is C20H20N6O6. The largest absolute Gasteiger partial charge is 0.481 e. The zero-order valence-corrected chi connectivity index (χ0v) is 16.7. The van der Waals surface area contributed by atoms with Crippen molar-refractivity contribution in [3.8, 4) is 0 Å². The van der Waals surface area contributed by atoms with E-state index in [1.807, 2.05) is 0 Å². The molecule has 0 saturated carbocycles. The number of nitrogens with zero attached hydrogens (tertiary/aromatic N) is 3. The summed E-state index contributed by atoms with van der Waals surface area (Å²) in [6, 6.07) is 6.38. The molecule has 1 atom stereocenters. The van der Waals surface area contributed by atoms with Gasteiger partial charge in [-0.25, -0.2) is 9.97 Å². The van der Waals surface area contributed by atoms with Crippen LogP contribution in [0.15, 0.2) is 35.3 Å². The molecule has 166 valence electrons. The monoisotopic (exact) mass is 440 g/mol. The standard InChI is InChI=1S/C20H20N6O6/c21-20-25-17-16(18(30)26-20)24-13(9-23-17)8-22-12-4-1-10(2-5-12)14(27)7-11(19(31)32)3-6-15(28)29/h1-2,4-5,9,11,22H,3,6-8H2,(H,28,29)(H,31,32)(H3,21,23,25,26,30)/t11-/m1/s1. The molecule has 0 amide bonds. The van der Waals surface area contributed by atoms with E-state index in [0.29, 0.717) is 16.9 Å². The van der Waals surface area contributed by atoms with Crippen molar-refractivity contribution in [1.29, 1.82) is 0 Å². The molecule has 2 heterocycles. The number of anilines is 2. The number of rotatable bonds is 10. The lowest BCUT2D eigenvalue weighted by Crippen LogP contribution is -2.19. The van der Waals surface area contributed by atoms with Gasteiger partial charge in [-0.1, -0.05) is 0 Å². The van der Waals surface area contributed by atoms with Gasteiger partial charge in [-0.15, -0.1) is 0 Å². The molecule has 0 unspecified atom stereocenters. The van der Waals surface area contributed by atoms with Crippen molar-refractivity contribution in [1.82, 2.24) is 19.9 Å². The Morgan fingerprint density at radius 2 is 1.84 bits per heavy atom. The van der Waals surface area contributed by atoms with Gasteiger partial charge in [-0.2, -0.15) is 4.98 Å². The van der Waals surface area contributed by atoms with Gasteiger partial charge in [0.2, 0.25) is 5.95 Å². The fourth-order valence-electron chi connectivity index (χ4n) is 2.97. The van der Waals surface area contributed by atoms with Crippen molar-refractivity contribution >= 4 is 40.5 Å². The van der Waals surface area contributed by atoms with E-state index in [4.69, 9.17) is 10.8 Å². The van der Waals surface area contributed by atoms with E-state index in [1.165, 1.54) is 6.20 Å². The molecule has 12 nitrogen and oxygen atoms in total. The van der Waals surface area contributed by atoms with Crippen LogP contribution in [0.25, 0.3) is 11.2 Å². The first-order valence-electron chi connectivity index (χ1n) is 9.56. The van der Waals surface area contributed by atoms with Crippen molar-refractivity contribution in [3.05, 3.63) is 52.1 Å². The van der Waals surface area contributed by atoms with Crippen LogP contribution in [0.3, 0.4) is 0 Å². The predicted molar refractivity (Wildman–Crippen MR) is 113 cm³/mol. The summed E-state index contributed by atoms with van der Waals surface area (Å²) in [5, 5.41) is 21.0. The number of aliphatic carboxylic acids is 2. The first-order chi connectivity index (χ1) is 15.2. The Kier molecular flexibility index (Phi) is 6.73. The summed E-state index contributed by atoms with van der Waals surface area (Å²) in [4.78, 5) is 60.8. The number of nitrogens with one attached hydrogen (secondary N) is 2. The molecule has 32 heavy (non-hydrogen) atoms. The number of hydrogen-bond acceptors (Lipinski definition) is 9. The number of nitrogen functional groups attached to an aromatic ring is 1. The van der Waals surface area contributed by atoms with E-state index in [9.17, 15) is 24.3 Å². The molecule has 2 aromatic heterocycles. The summed E-state index contributed by atoms with van der Waals surface area (Å²) in [5.41, 5.74) is 6.65. The third kappa shape index (κ3) is 5.62. The Balaban J connectivity index is 1.62. The highest BCUT2D eigenvalue weighted by molar-refractivity contribution is 5.98. The Morgan fingerprint density at radius 1 is 1.12 bits per heavy atom. The van der Waals surface area contributed by atoms with E-state index >= 15 is 0 Å². The molecule has 12 heteroatoms. The third-order valence-electron chi connectivity index (χ3n) is 4.65. The first kappa shape index (κ1) is 22.3. The number of carbonyl (C=O) groups excluding carboxylic acids is 1. The van der Waals surface area contributed by atoms with Gasteiger partial charge in [0.25, 0.3) is 5.56 Å². The van der Waals surface area contributed by atoms with Crippen molar-refractivity contribution < 1.29 is 24.6 Å². The number of fused-ring (bicyclic) bond motifs is 1. The average molecular weight is 440 g/mol. The topological polar surface area (TPSA) is 201 Å². The molecular weight excluding hydrogens is 420 g/mol. The average Bonchev–Trinajstić information content (AvgIpc) is 2.75. The van der Waals surface area contributed by atoms with E-state index < -0.39 is 23.4 Å². The summed E-state index contributed by atoms with van der Waals surface area (Å²) in [5.74, 6) is -3.81. The molecule has 3 aromatic rings. The predicted octanol–water partition coefficient (Wildman–Crippen LogP) is 1.05. The van der Waals surface area contributed by atoms with Crippen molar-refractivity contribution in [2.45, 2.75) is 25.8 Å². The van der Waals surface area contributed by atoms with Crippen LogP contribution in [0.4, 0.5) is 11.6 Å². The van der Waals surface area contributed by atoms with Crippen LogP contribution in [0, 0.1) is 5.92 Å². The highest BCUT2D eigenvalue weighted by Crippen LogP contribution is 2.18. The lowest BCUT2D eigenvalue weighted by atomic mass is 9.94. The van der Waals surface area contributed by atoms with Crippen LogP contribution in [0.2, 0.25) is 0 Å². The number of aromatic amines is 1. The molecule has 3 rings (SSSR count). The summed E-state index contributed by atoms with van der Waals surface area (Å²) in [7, 11) is 0. The van der Waals surface area contributed by atoms with Gasteiger partial charge in [0.15, 0.2) is 16.9 Å². The number of benzene rings is 1. The van der Waals surface area contributed by atoms with Gasteiger partial charge in [0, 0.05) is 24.1 Å². The van der Waals surface area contributed by atoms with Crippen LogP contribution in [-0.4, -0.2) is 47.9 Å². The fraction of sp³-hybridized carbons (Fsp3) is 0.250. The number of Topliss-reactive ketones (excluding diaryl/α,β-unsaturated/α-hetero) is 1. The van der Waals surface area contributed by atoms with Gasteiger partial charge in [0.1, 0.15) is 0 Å². The smallest absolute Gasteiger partial charge is 0.306 e. The van der Waals surface area contributed by atoms with E-state index in [0.717, 1.165) is 0 Å². The minimum absolute atomic E-state index is 0.0473. The number of ketones is 1. The number of H-pyrrole nitrogens is 1. The van der Waals surface area contributed by atoms with Gasteiger partial charge < -0.3 is 21.3 Å². The van der Waals surface area contributed by atoms with Crippen LogP contribution >= 0.6 is 0 Å². The molecule has 6 N–H and O–H groups in total. The molecule has 0 fully saturated rings. The molecule has 0 aliphatic heterocycles. The number of carbonyl (C=O) groups is 3. The van der Waals surface area contributed by atoms with E-state index in [-0.39, 0.29) is 48.7 Å². The Labute approximate surface area is 180 Å². The minimum atomic E-state index is -1.20.